The molecular weight excluding hydrogens is 207 g/mol. The van der Waals surface area contributed by atoms with Crippen molar-refractivity contribution in [3.63, 3.8) is 0 Å². The van der Waals surface area contributed by atoms with E-state index in [-0.39, 0.29) is 11.3 Å². The first-order chi connectivity index (χ1) is 6.97. The summed E-state index contributed by atoms with van der Waals surface area (Å²) in [6.45, 7) is 0. The number of alkyl halides is 3. The Morgan fingerprint density at radius 1 is 1.13 bits per heavy atom. The predicted molar refractivity (Wildman–Crippen MR) is 48.4 cm³/mol. The molecular formula is C10H6F3NO. The number of benzene rings is 1. The van der Waals surface area contributed by atoms with Gasteiger partial charge in [0.15, 0.2) is 0 Å². The molecule has 0 unspecified atom stereocenters. The Morgan fingerprint density at radius 2 is 1.87 bits per heavy atom. The van der Waals surface area contributed by atoms with E-state index in [4.69, 9.17) is 5.11 Å². The Kier molecular flexibility index (Phi) is 2.03. The zero-order valence-corrected chi connectivity index (χ0v) is 7.42. The number of halogens is 3. The summed E-state index contributed by atoms with van der Waals surface area (Å²) in [5.74, 6) is -0.0674. The number of fused-ring (bicyclic) bond motifs is 1. The molecule has 0 aliphatic heterocycles. The summed E-state index contributed by atoms with van der Waals surface area (Å²) in [4.78, 5) is 3.70. The van der Waals surface area contributed by atoms with Crippen LogP contribution in [-0.4, -0.2) is 10.1 Å². The zero-order chi connectivity index (χ0) is 11.1. The van der Waals surface area contributed by atoms with E-state index in [2.05, 4.69) is 4.98 Å². The van der Waals surface area contributed by atoms with Crippen molar-refractivity contribution >= 4 is 10.9 Å². The monoisotopic (exact) mass is 213 g/mol. The lowest BCUT2D eigenvalue weighted by Crippen LogP contribution is -2.04. The summed E-state index contributed by atoms with van der Waals surface area (Å²) >= 11 is 0. The zero-order valence-electron chi connectivity index (χ0n) is 7.42. The Hall–Kier alpha value is -1.78. The van der Waals surface area contributed by atoms with Crippen molar-refractivity contribution in [2.24, 2.45) is 0 Å². The summed E-state index contributed by atoms with van der Waals surface area (Å²) in [5.41, 5.74) is -0.532. The van der Waals surface area contributed by atoms with Crippen LogP contribution in [0.5, 0.6) is 5.75 Å². The third-order valence-corrected chi connectivity index (χ3v) is 2.00. The number of aromatic hydroxyl groups is 1. The van der Waals surface area contributed by atoms with Gasteiger partial charge < -0.3 is 5.11 Å². The van der Waals surface area contributed by atoms with Gasteiger partial charge in [0.25, 0.3) is 0 Å². The molecule has 0 spiro atoms. The van der Waals surface area contributed by atoms with Gasteiger partial charge in [0.1, 0.15) is 5.75 Å². The lowest BCUT2D eigenvalue weighted by atomic mass is 10.1. The molecule has 0 aliphatic carbocycles. The minimum absolute atomic E-state index is 0.0674. The number of aromatic nitrogens is 1. The highest BCUT2D eigenvalue weighted by molar-refractivity contribution is 5.80. The van der Waals surface area contributed by atoms with Gasteiger partial charge in [0.2, 0.25) is 0 Å². The van der Waals surface area contributed by atoms with Gasteiger partial charge >= 0.3 is 6.18 Å². The third-order valence-electron chi connectivity index (χ3n) is 2.00. The average molecular weight is 213 g/mol. The molecule has 0 saturated heterocycles. The molecule has 2 aromatic rings. The molecule has 1 aromatic carbocycles. The van der Waals surface area contributed by atoms with Gasteiger partial charge in [-0.05, 0) is 18.2 Å². The maximum atomic E-state index is 12.3. The minimum Gasteiger partial charge on any atom is -0.506 e. The molecule has 1 heterocycles. The molecule has 2 nitrogen and oxygen atoms in total. The molecule has 0 radical (unpaired) electrons. The summed E-state index contributed by atoms with van der Waals surface area (Å²) in [6, 6.07) is 4.56. The van der Waals surface area contributed by atoms with Crippen LogP contribution in [0, 0.1) is 0 Å². The summed E-state index contributed by atoms with van der Waals surface area (Å²) in [5, 5.41) is 9.55. The van der Waals surface area contributed by atoms with E-state index in [0.717, 1.165) is 18.3 Å². The van der Waals surface area contributed by atoms with Crippen LogP contribution < -0.4 is 0 Å². The van der Waals surface area contributed by atoms with E-state index in [1.54, 1.807) is 0 Å². The Balaban J connectivity index is 2.62. The van der Waals surface area contributed by atoms with Gasteiger partial charge in [0.05, 0.1) is 17.3 Å². The number of rotatable bonds is 0. The van der Waals surface area contributed by atoms with Crippen LogP contribution in [-0.2, 0) is 6.18 Å². The van der Waals surface area contributed by atoms with Crippen LogP contribution in [0.2, 0.25) is 0 Å². The van der Waals surface area contributed by atoms with Crippen molar-refractivity contribution < 1.29 is 18.3 Å². The summed E-state index contributed by atoms with van der Waals surface area (Å²) < 4.78 is 37.0. The second kappa shape index (κ2) is 3.12. The van der Waals surface area contributed by atoms with E-state index >= 15 is 0 Å². The van der Waals surface area contributed by atoms with E-state index in [1.807, 2.05) is 0 Å². The molecule has 15 heavy (non-hydrogen) atoms. The molecule has 0 bridgehead atoms. The van der Waals surface area contributed by atoms with Gasteiger partial charge in [-0.3, -0.25) is 4.98 Å². The van der Waals surface area contributed by atoms with Crippen LogP contribution in [0.1, 0.15) is 5.56 Å². The van der Waals surface area contributed by atoms with E-state index in [1.165, 1.54) is 12.1 Å². The van der Waals surface area contributed by atoms with Gasteiger partial charge in [-0.25, -0.2) is 0 Å². The van der Waals surface area contributed by atoms with Gasteiger partial charge in [-0.15, -0.1) is 0 Å². The first-order valence-electron chi connectivity index (χ1n) is 4.13. The molecule has 5 heteroatoms. The highest BCUT2D eigenvalue weighted by Crippen LogP contribution is 2.31. The third kappa shape index (κ3) is 1.86. The predicted octanol–water partition coefficient (Wildman–Crippen LogP) is 2.96. The lowest BCUT2D eigenvalue weighted by Gasteiger charge is -2.07. The van der Waals surface area contributed by atoms with Gasteiger partial charge in [-0.1, -0.05) is 6.07 Å². The SMILES string of the molecule is Oc1cnc2cc(C(F)(F)F)ccc2c1. The topological polar surface area (TPSA) is 33.1 Å². The first kappa shape index (κ1) is 9.76. The number of pyridine rings is 1. The van der Waals surface area contributed by atoms with Crippen molar-refractivity contribution in [3.05, 3.63) is 36.0 Å². The highest BCUT2D eigenvalue weighted by atomic mass is 19.4. The fourth-order valence-electron chi connectivity index (χ4n) is 1.29. The molecule has 0 aliphatic rings. The van der Waals surface area contributed by atoms with Crippen molar-refractivity contribution in [1.29, 1.82) is 0 Å². The number of nitrogens with zero attached hydrogens (tertiary/aromatic N) is 1. The minimum atomic E-state index is -4.37. The average Bonchev–Trinajstić information content (AvgIpc) is 2.15. The largest absolute Gasteiger partial charge is 0.506 e. The van der Waals surface area contributed by atoms with Gasteiger partial charge in [0, 0.05) is 5.39 Å². The molecule has 1 N–H and O–H groups in total. The first-order valence-corrected chi connectivity index (χ1v) is 4.13. The summed E-state index contributed by atoms with van der Waals surface area (Å²) in [6.07, 6.45) is -3.25. The summed E-state index contributed by atoms with van der Waals surface area (Å²) in [7, 11) is 0. The van der Waals surface area contributed by atoms with E-state index < -0.39 is 11.7 Å². The molecule has 0 saturated carbocycles. The van der Waals surface area contributed by atoms with E-state index in [0.29, 0.717) is 5.39 Å². The molecule has 1 aromatic heterocycles. The standard InChI is InChI=1S/C10H6F3NO/c11-10(12,13)7-2-1-6-3-8(15)5-14-9(6)4-7/h1-5,15H. The van der Waals surface area contributed by atoms with Crippen LogP contribution in [0.4, 0.5) is 13.2 Å². The number of hydrogen-bond acceptors (Lipinski definition) is 2. The molecule has 2 rings (SSSR count). The van der Waals surface area contributed by atoms with Crippen LogP contribution in [0.3, 0.4) is 0 Å². The second-order valence-electron chi connectivity index (χ2n) is 3.10. The van der Waals surface area contributed by atoms with Crippen LogP contribution in [0.15, 0.2) is 30.5 Å². The Bertz CT molecular complexity index is 507. The van der Waals surface area contributed by atoms with Crippen molar-refractivity contribution in [1.82, 2.24) is 4.98 Å². The van der Waals surface area contributed by atoms with Crippen molar-refractivity contribution in [2.45, 2.75) is 6.18 Å². The van der Waals surface area contributed by atoms with Crippen molar-refractivity contribution in [3.8, 4) is 5.75 Å². The fraction of sp³-hybridized carbons (Fsp3) is 0.100. The second-order valence-corrected chi connectivity index (χ2v) is 3.10. The Labute approximate surface area is 83.0 Å². The van der Waals surface area contributed by atoms with Crippen molar-refractivity contribution in [2.75, 3.05) is 0 Å². The van der Waals surface area contributed by atoms with Gasteiger partial charge in [-0.2, -0.15) is 13.2 Å². The Morgan fingerprint density at radius 3 is 2.53 bits per heavy atom. The molecule has 78 valence electrons. The lowest BCUT2D eigenvalue weighted by molar-refractivity contribution is -0.137. The fourth-order valence-corrected chi connectivity index (χ4v) is 1.29. The molecule has 0 amide bonds. The van der Waals surface area contributed by atoms with Crippen LogP contribution >= 0.6 is 0 Å². The van der Waals surface area contributed by atoms with Crippen LogP contribution in [0.25, 0.3) is 10.9 Å². The smallest absolute Gasteiger partial charge is 0.416 e. The normalized spacial score (nSPS) is 11.9. The quantitative estimate of drug-likeness (QED) is 0.729. The maximum Gasteiger partial charge on any atom is 0.416 e. The van der Waals surface area contributed by atoms with E-state index in [9.17, 15) is 13.2 Å². The number of hydrogen-bond donors (Lipinski definition) is 1. The highest BCUT2D eigenvalue weighted by Gasteiger charge is 2.30. The maximum absolute atomic E-state index is 12.3. The molecule has 0 atom stereocenters. The molecule has 0 fully saturated rings.